The molecule has 1 aliphatic rings. The first-order valence-electron chi connectivity index (χ1n) is 9.64. The highest BCUT2D eigenvalue weighted by Gasteiger charge is 2.32. The van der Waals surface area contributed by atoms with E-state index in [1.54, 1.807) is 6.07 Å². The molecular formula is C24H30O2. The van der Waals surface area contributed by atoms with Crippen LogP contribution in [0.25, 0.3) is 0 Å². The molecule has 0 spiro atoms. The second-order valence-corrected chi connectivity index (χ2v) is 8.05. The molecule has 138 valence electrons. The maximum atomic E-state index is 10.1. The van der Waals surface area contributed by atoms with E-state index in [0.29, 0.717) is 5.92 Å². The summed E-state index contributed by atoms with van der Waals surface area (Å²) in [5.74, 6) is 1.55. The van der Waals surface area contributed by atoms with Crippen molar-refractivity contribution in [3.8, 4) is 11.5 Å². The van der Waals surface area contributed by atoms with Gasteiger partial charge in [-0.25, -0.2) is 0 Å². The minimum absolute atomic E-state index is 0.248. The first kappa shape index (κ1) is 18.6. The summed E-state index contributed by atoms with van der Waals surface area (Å²) in [4.78, 5) is 0. The second-order valence-electron chi connectivity index (χ2n) is 8.05. The van der Waals surface area contributed by atoms with E-state index in [9.17, 15) is 5.11 Å². The molecule has 1 unspecified atom stereocenters. The molecule has 26 heavy (non-hydrogen) atoms. The Kier molecular flexibility index (Phi) is 5.70. The van der Waals surface area contributed by atoms with Crippen molar-refractivity contribution in [2.45, 2.75) is 58.5 Å². The van der Waals surface area contributed by atoms with Gasteiger partial charge in [0.2, 0.25) is 0 Å². The second kappa shape index (κ2) is 7.99. The molecule has 2 aromatic rings. The molecule has 0 bridgehead atoms. The van der Waals surface area contributed by atoms with Crippen molar-refractivity contribution < 1.29 is 9.84 Å². The number of rotatable bonds is 6. The summed E-state index contributed by atoms with van der Waals surface area (Å²) in [6.45, 7) is 6.54. The van der Waals surface area contributed by atoms with Crippen LogP contribution >= 0.6 is 0 Å². The van der Waals surface area contributed by atoms with Gasteiger partial charge in [-0.05, 0) is 76.1 Å². The molecule has 0 aromatic heterocycles. The molecule has 1 N–H and O–H groups in total. The molecule has 0 saturated heterocycles. The molecule has 1 aliphatic carbocycles. The summed E-state index contributed by atoms with van der Waals surface area (Å²) in [5.41, 5.74) is 3.65. The standard InChI is InChI=1S/C24H30O2/c1-18-9-13-21(14-10-18)24(2,3)26-23-16-20(15-22(25)17-23)12-11-19-7-5-4-6-8-19/h4-9,15-17,21,25H,10-14H2,1-3H3. The highest BCUT2D eigenvalue weighted by molar-refractivity contribution is 5.38. The van der Waals surface area contributed by atoms with Crippen LogP contribution < -0.4 is 4.74 Å². The van der Waals surface area contributed by atoms with E-state index in [-0.39, 0.29) is 11.4 Å². The number of aryl methyl sites for hydroxylation is 2. The van der Waals surface area contributed by atoms with Crippen molar-refractivity contribution in [3.05, 3.63) is 71.3 Å². The molecule has 0 amide bonds. The maximum Gasteiger partial charge on any atom is 0.124 e. The lowest BCUT2D eigenvalue weighted by Crippen LogP contribution is -2.38. The number of aromatic hydroxyl groups is 1. The maximum absolute atomic E-state index is 10.1. The van der Waals surface area contributed by atoms with Gasteiger partial charge >= 0.3 is 0 Å². The molecule has 2 aromatic carbocycles. The van der Waals surface area contributed by atoms with Gasteiger partial charge < -0.3 is 9.84 Å². The number of hydrogen-bond acceptors (Lipinski definition) is 2. The average Bonchev–Trinajstić information content (AvgIpc) is 2.60. The number of hydrogen-bond donors (Lipinski definition) is 1. The number of benzene rings is 2. The summed E-state index contributed by atoms with van der Waals surface area (Å²) in [6, 6.07) is 16.1. The third kappa shape index (κ3) is 4.91. The van der Waals surface area contributed by atoms with Crippen molar-refractivity contribution >= 4 is 0 Å². The zero-order valence-corrected chi connectivity index (χ0v) is 16.2. The fourth-order valence-corrected chi connectivity index (χ4v) is 3.76. The summed E-state index contributed by atoms with van der Waals surface area (Å²) in [5, 5.41) is 10.1. The third-order valence-corrected chi connectivity index (χ3v) is 5.50. The van der Waals surface area contributed by atoms with Crippen molar-refractivity contribution in [2.75, 3.05) is 0 Å². The molecule has 0 aliphatic heterocycles. The van der Waals surface area contributed by atoms with Gasteiger partial charge in [0.25, 0.3) is 0 Å². The van der Waals surface area contributed by atoms with Crippen LogP contribution in [0.15, 0.2) is 60.2 Å². The topological polar surface area (TPSA) is 29.5 Å². The number of phenolic OH excluding ortho intramolecular Hbond substituents is 1. The van der Waals surface area contributed by atoms with Gasteiger partial charge in [-0.2, -0.15) is 0 Å². The van der Waals surface area contributed by atoms with Crippen molar-refractivity contribution in [3.63, 3.8) is 0 Å². The monoisotopic (exact) mass is 350 g/mol. The first-order valence-corrected chi connectivity index (χ1v) is 9.64. The van der Waals surface area contributed by atoms with Gasteiger partial charge in [-0.3, -0.25) is 0 Å². The van der Waals surface area contributed by atoms with Gasteiger partial charge in [0.15, 0.2) is 0 Å². The number of allylic oxidation sites excluding steroid dienone is 2. The summed E-state index contributed by atoms with van der Waals surface area (Å²) in [6.07, 6.45) is 7.57. The van der Waals surface area contributed by atoms with Crippen LogP contribution in [-0.2, 0) is 12.8 Å². The van der Waals surface area contributed by atoms with Gasteiger partial charge in [-0.15, -0.1) is 0 Å². The highest BCUT2D eigenvalue weighted by Crippen LogP contribution is 2.36. The lowest BCUT2D eigenvalue weighted by atomic mass is 9.79. The Bertz CT molecular complexity index is 759. The van der Waals surface area contributed by atoms with Crippen LogP contribution in [0.1, 0.15) is 51.2 Å². The SMILES string of the molecule is CC1=CCC(C(C)(C)Oc2cc(O)cc(CCc3ccccc3)c2)CC1. The molecule has 2 heteroatoms. The molecule has 0 saturated carbocycles. The number of ether oxygens (including phenoxy) is 1. The molecule has 2 nitrogen and oxygen atoms in total. The van der Waals surface area contributed by atoms with E-state index in [1.165, 1.54) is 11.1 Å². The minimum atomic E-state index is -0.248. The lowest BCUT2D eigenvalue weighted by molar-refractivity contribution is 0.0381. The van der Waals surface area contributed by atoms with Crippen molar-refractivity contribution in [1.29, 1.82) is 0 Å². The van der Waals surface area contributed by atoms with Crippen LogP contribution in [0.2, 0.25) is 0 Å². The quantitative estimate of drug-likeness (QED) is 0.640. The molecule has 0 fully saturated rings. The Balaban J connectivity index is 1.69. The summed E-state index contributed by atoms with van der Waals surface area (Å²) in [7, 11) is 0. The predicted molar refractivity (Wildman–Crippen MR) is 108 cm³/mol. The first-order chi connectivity index (χ1) is 12.4. The average molecular weight is 351 g/mol. The van der Waals surface area contributed by atoms with Gasteiger partial charge in [-0.1, -0.05) is 42.0 Å². The fourth-order valence-electron chi connectivity index (χ4n) is 3.76. The molecule has 3 rings (SSSR count). The van der Waals surface area contributed by atoms with E-state index in [0.717, 1.165) is 43.4 Å². The van der Waals surface area contributed by atoms with Gasteiger partial charge in [0.05, 0.1) is 0 Å². The van der Waals surface area contributed by atoms with E-state index >= 15 is 0 Å². The van der Waals surface area contributed by atoms with Crippen LogP contribution in [0.4, 0.5) is 0 Å². The largest absolute Gasteiger partial charge is 0.508 e. The Hall–Kier alpha value is -2.22. The van der Waals surface area contributed by atoms with Crippen LogP contribution in [0.3, 0.4) is 0 Å². The van der Waals surface area contributed by atoms with Crippen LogP contribution in [0.5, 0.6) is 11.5 Å². The number of phenols is 1. The van der Waals surface area contributed by atoms with E-state index in [2.05, 4.69) is 57.2 Å². The van der Waals surface area contributed by atoms with Crippen molar-refractivity contribution in [1.82, 2.24) is 0 Å². The summed E-state index contributed by atoms with van der Waals surface area (Å²) < 4.78 is 6.36. The zero-order chi connectivity index (χ0) is 18.6. The van der Waals surface area contributed by atoms with Crippen molar-refractivity contribution in [2.24, 2.45) is 5.92 Å². The molecule has 0 heterocycles. The van der Waals surface area contributed by atoms with Gasteiger partial charge in [0.1, 0.15) is 17.1 Å². The zero-order valence-electron chi connectivity index (χ0n) is 16.2. The smallest absolute Gasteiger partial charge is 0.124 e. The molecule has 0 radical (unpaired) electrons. The lowest BCUT2D eigenvalue weighted by Gasteiger charge is -2.36. The predicted octanol–water partition coefficient (Wildman–Crippen LogP) is 6.08. The van der Waals surface area contributed by atoms with Crippen LogP contribution in [0, 0.1) is 5.92 Å². The highest BCUT2D eigenvalue weighted by atomic mass is 16.5. The van der Waals surface area contributed by atoms with Gasteiger partial charge in [0, 0.05) is 12.0 Å². The fraction of sp³-hybridized carbons (Fsp3) is 0.417. The van der Waals surface area contributed by atoms with Crippen LogP contribution in [-0.4, -0.2) is 10.7 Å². The Morgan fingerprint density at radius 1 is 1.04 bits per heavy atom. The van der Waals surface area contributed by atoms with E-state index in [1.807, 2.05) is 12.1 Å². The normalized spacial score (nSPS) is 17.7. The molecule has 1 atom stereocenters. The Morgan fingerprint density at radius 3 is 2.46 bits per heavy atom. The Labute approximate surface area is 157 Å². The molecular weight excluding hydrogens is 320 g/mol. The van der Waals surface area contributed by atoms with E-state index in [4.69, 9.17) is 4.74 Å². The van der Waals surface area contributed by atoms with E-state index < -0.39 is 0 Å². The summed E-state index contributed by atoms with van der Waals surface area (Å²) >= 11 is 0. The third-order valence-electron chi connectivity index (χ3n) is 5.50. The Morgan fingerprint density at radius 2 is 1.77 bits per heavy atom. The minimum Gasteiger partial charge on any atom is -0.508 e.